The molecule has 1 fully saturated rings. The molecule has 9 nitrogen and oxygen atoms in total. The molecular weight excluding hydrogens is 436 g/mol. The molecule has 1 N–H and O–H groups in total. The molecule has 5 aromatic rings. The second kappa shape index (κ2) is 7.10. The Morgan fingerprint density at radius 3 is 2.87 bits per heavy atom. The number of nitrogens with zero attached hydrogens (tertiary/aromatic N) is 7. The van der Waals surface area contributed by atoms with E-state index in [0.29, 0.717) is 39.2 Å². The zero-order chi connectivity index (χ0) is 20.9. The molecule has 1 aliphatic rings. The van der Waals surface area contributed by atoms with Crippen molar-refractivity contribution in [3.63, 3.8) is 0 Å². The third kappa shape index (κ3) is 2.82. The van der Waals surface area contributed by atoms with E-state index in [0.717, 1.165) is 11.4 Å². The van der Waals surface area contributed by atoms with E-state index < -0.39 is 0 Å². The van der Waals surface area contributed by atoms with E-state index in [2.05, 4.69) is 24.8 Å². The summed E-state index contributed by atoms with van der Waals surface area (Å²) >= 11 is 8.06. The minimum atomic E-state index is -0.212. The van der Waals surface area contributed by atoms with Gasteiger partial charge in [0, 0.05) is 11.9 Å². The summed E-state index contributed by atoms with van der Waals surface area (Å²) in [5.74, 6) is 2.76. The molecule has 154 valence electrons. The van der Waals surface area contributed by atoms with Crippen molar-refractivity contribution in [3.8, 4) is 5.69 Å². The van der Waals surface area contributed by atoms with E-state index in [1.807, 2.05) is 30.3 Å². The summed E-state index contributed by atoms with van der Waals surface area (Å²) in [4.78, 5) is 31.8. The van der Waals surface area contributed by atoms with Crippen LogP contribution < -0.4 is 10.5 Å². The van der Waals surface area contributed by atoms with Gasteiger partial charge in [-0.05, 0) is 18.2 Å². The highest BCUT2D eigenvalue weighted by atomic mass is 35.5. The van der Waals surface area contributed by atoms with Gasteiger partial charge in [-0.25, -0.2) is 19.5 Å². The Bertz CT molecular complexity index is 1480. The number of H-pyrrole nitrogens is 1. The number of hydrogen-bond acceptors (Lipinski definition) is 7. The lowest BCUT2D eigenvalue weighted by atomic mass is 10.2. The quantitative estimate of drug-likeness (QED) is 0.451. The maximum absolute atomic E-state index is 13.6. The fourth-order valence-corrected chi connectivity index (χ4v) is 5.30. The average molecular weight is 451 g/mol. The van der Waals surface area contributed by atoms with Crippen LogP contribution in [-0.2, 0) is 0 Å². The molecule has 1 unspecified atom stereocenters. The highest BCUT2D eigenvalue weighted by Gasteiger charge is 2.34. The zero-order valence-electron chi connectivity index (χ0n) is 16.0. The van der Waals surface area contributed by atoms with Gasteiger partial charge in [0.25, 0.3) is 5.56 Å². The Morgan fingerprint density at radius 2 is 2.00 bits per heavy atom. The molecule has 1 atom stereocenters. The van der Waals surface area contributed by atoms with E-state index >= 15 is 0 Å². The van der Waals surface area contributed by atoms with Crippen molar-refractivity contribution in [1.29, 1.82) is 0 Å². The van der Waals surface area contributed by atoms with E-state index in [1.165, 1.54) is 6.33 Å². The fourth-order valence-electron chi connectivity index (χ4n) is 3.92. The van der Waals surface area contributed by atoms with Gasteiger partial charge in [0.05, 0.1) is 22.9 Å². The molecule has 4 aromatic heterocycles. The normalized spacial score (nSPS) is 16.5. The molecular formula is C20H15ClN8OS. The first kappa shape index (κ1) is 18.4. The largest absolute Gasteiger partial charge is 0.334 e. The van der Waals surface area contributed by atoms with Gasteiger partial charge in [-0.15, -0.1) is 11.8 Å². The number of fused-ring (bicyclic) bond motifs is 2. The number of thioether (sulfide) groups is 1. The van der Waals surface area contributed by atoms with Gasteiger partial charge in [0.15, 0.2) is 17.3 Å². The second-order valence-electron chi connectivity index (χ2n) is 7.07. The predicted molar refractivity (Wildman–Crippen MR) is 120 cm³/mol. The monoisotopic (exact) mass is 450 g/mol. The van der Waals surface area contributed by atoms with Crippen LogP contribution in [-0.4, -0.2) is 45.7 Å². The Balaban J connectivity index is 1.60. The minimum absolute atomic E-state index is 0.196. The third-order valence-corrected chi connectivity index (χ3v) is 6.64. The molecule has 5 heterocycles. The maximum atomic E-state index is 13.6. The van der Waals surface area contributed by atoms with Crippen molar-refractivity contribution in [2.45, 2.75) is 6.04 Å². The molecule has 1 saturated heterocycles. The van der Waals surface area contributed by atoms with Crippen molar-refractivity contribution in [2.75, 3.05) is 16.5 Å². The lowest BCUT2D eigenvalue weighted by Gasteiger charge is -2.26. The van der Waals surface area contributed by atoms with Crippen LogP contribution in [0.15, 0.2) is 60.0 Å². The summed E-state index contributed by atoms with van der Waals surface area (Å²) in [6.07, 6.45) is 4.83. The number of rotatable bonds is 3. The second-order valence-corrected chi connectivity index (χ2v) is 8.48. The number of hydrogen-bond donors (Lipinski definition) is 1. The molecule has 6 rings (SSSR count). The number of anilines is 1. The maximum Gasteiger partial charge on any atom is 0.284 e. The number of nitrogens with one attached hydrogen (secondary N) is 1. The average Bonchev–Trinajstić information content (AvgIpc) is 3.53. The van der Waals surface area contributed by atoms with Gasteiger partial charge in [-0.2, -0.15) is 5.10 Å². The number of benzene rings is 1. The molecule has 0 spiro atoms. The first-order valence-electron chi connectivity index (χ1n) is 9.56. The molecule has 0 aliphatic carbocycles. The van der Waals surface area contributed by atoms with Crippen LogP contribution in [0.3, 0.4) is 0 Å². The molecule has 0 radical (unpaired) electrons. The molecule has 1 aromatic carbocycles. The third-order valence-electron chi connectivity index (χ3n) is 5.33. The Hall–Kier alpha value is -3.37. The highest BCUT2D eigenvalue weighted by molar-refractivity contribution is 7.99. The number of imidazole rings is 1. The van der Waals surface area contributed by atoms with Crippen LogP contribution in [0.1, 0.15) is 11.9 Å². The van der Waals surface area contributed by atoms with E-state index in [9.17, 15) is 4.79 Å². The number of aromatic nitrogens is 7. The van der Waals surface area contributed by atoms with Crippen molar-refractivity contribution >= 4 is 45.9 Å². The highest BCUT2D eigenvalue weighted by Crippen LogP contribution is 2.38. The van der Waals surface area contributed by atoms with Crippen LogP contribution in [0.25, 0.3) is 22.4 Å². The van der Waals surface area contributed by atoms with Gasteiger partial charge in [-0.3, -0.25) is 9.36 Å². The van der Waals surface area contributed by atoms with E-state index in [-0.39, 0.29) is 11.6 Å². The van der Waals surface area contributed by atoms with Crippen LogP contribution >= 0.6 is 23.4 Å². The summed E-state index contributed by atoms with van der Waals surface area (Å²) in [7, 11) is 0. The van der Waals surface area contributed by atoms with Crippen molar-refractivity contribution in [3.05, 3.63) is 76.5 Å². The first-order valence-corrected chi connectivity index (χ1v) is 11.1. The van der Waals surface area contributed by atoms with Crippen molar-refractivity contribution < 1.29 is 0 Å². The Labute approximate surface area is 184 Å². The number of halogens is 1. The molecule has 0 saturated carbocycles. The summed E-state index contributed by atoms with van der Waals surface area (Å²) in [6.45, 7) is 0. The predicted octanol–water partition coefficient (Wildman–Crippen LogP) is 3.06. The van der Waals surface area contributed by atoms with Crippen molar-refractivity contribution in [1.82, 2.24) is 34.1 Å². The van der Waals surface area contributed by atoms with Crippen LogP contribution in [0.5, 0.6) is 0 Å². The summed E-state index contributed by atoms with van der Waals surface area (Å²) in [5.41, 5.74) is 2.23. The van der Waals surface area contributed by atoms with Crippen LogP contribution in [0.4, 0.5) is 5.82 Å². The fraction of sp³-hybridized carbons (Fsp3) is 0.150. The Morgan fingerprint density at radius 1 is 1.13 bits per heavy atom. The molecule has 1 aliphatic heterocycles. The lowest BCUT2D eigenvalue weighted by Crippen LogP contribution is -2.34. The summed E-state index contributed by atoms with van der Waals surface area (Å²) in [6, 6.07) is 11.0. The molecule has 0 amide bonds. The molecule has 0 bridgehead atoms. The van der Waals surface area contributed by atoms with E-state index in [4.69, 9.17) is 16.7 Å². The molecule has 31 heavy (non-hydrogen) atoms. The minimum Gasteiger partial charge on any atom is -0.334 e. The van der Waals surface area contributed by atoms with E-state index in [1.54, 1.807) is 39.4 Å². The van der Waals surface area contributed by atoms with Crippen molar-refractivity contribution in [2.24, 2.45) is 0 Å². The zero-order valence-corrected chi connectivity index (χ0v) is 17.6. The standard InChI is InChI=1S/C20H15ClN8OS/c21-13-6-7-28-16(13)20(30)29(12-4-2-1-3-5-12)18(26-28)14-8-31-11-27(14)19-15-17(23-9-22-15)24-10-25-19/h1-7,9-10,14H,8,11H2,(H,22,23,24,25). The van der Waals surface area contributed by atoms with Gasteiger partial charge in [0.2, 0.25) is 0 Å². The summed E-state index contributed by atoms with van der Waals surface area (Å²) in [5, 5.41) is 5.20. The van der Waals surface area contributed by atoms with Gasteiger partial charge in [-0.1, -0.05) is 29.8 Å². The lowest BCUT2D eigenvalue weighted by molar-refractivity contribution is 0.629. The van der Waals surface area contributed by atoms with Gasteiger partial charge < -0.3 is 9.88 Å². The van der Waals surface area contributed by atoms with Gasteiger partial charge >= 0.3 is 0 Å². The Kier molecular flexibility index (Phi) is 4.22. The van der Waals surface area contributed by atoms with Crippen LogP contribution in [0.2, 0.25) is 5.02 Å². The number of aromatic amines is 1. The van der Waals surface area contributed by atoms with Crippen LogP contribution in [0, 0.1) is 0 Å². The first-order chi connectivity index (χ1) is 15.2. The SMILES string of the molecule is O=c1c2c(Cl)ccn2nc(C2CSCN2c2ncnc3[nH]cnc23)n1-c1ccccc1. The smallest absolute Gasteiger partial charge is 0.284 e. The summed E-state index contributed by atoms with van der Waals surface area (Å²) < 4.78 is 3.21. The number of para-hydroxylation sites is 1. The topological polar surface area (TPSA) is 97.0 Å². The molecule has 11 heteroatoms. The van der Waals surface area contributed by atoms with Gasteiger partial charge in [0.1, 0.15) is 23.4 Å².